The van der Waals surface area contributed by atoms with Crippen molar-refractivity contribution >= 4 is 0 Å². The second kappa shape index (κ2) is 6.39. The summed E-state index contributed by atoms with van der Waals surface area (Å²) in [7, 11) is 0. The molecule has 0 bridgehead atoms. The first-order chi connectivity index (χ1) is 5.92. The maximum absolute atomic E-state index is 9.42. The number of hydrogen-bond acceptors (Lipinski definition) is 2. The van der Waals surface area contributed by atoms with Gasteiger partial charge in [-0.3, -0.25) is 0 Å². The van der Waals surface area contributed by atoms with Crippen molar-refractivity contribution in [2.24, 2.45) is 5.92 Å². The highest BCUT2D eigenvalue weighted by Crippen LogP contribution is 2.05. The fourth-order valence-electron chi connectivity index (χ4n) is 1.15. The lowest BCUT2D eigenvalue weighted by atomic mass is 10.1. The van der Waals surface area contributed by atoms with Gasteiger partial charge in [0.1, 0.15) is 0 Å². The Morgan fingerprint density at radius 2 is 1.85 bits per heavy atom. The zero-order chi connectivity index (χ0) is 10.3. The molecule has 2 nitrogen and oxygen atoms in total. The van der Waals surface area contributed by atoms with Crippen molar-refractivity contribution in [3.8, 4) is 0 Å². The third-order valence-corrected chi connectivity index (χ3v) is 2.05. The molecule has 0 amide bonds. The van der Waals surface area contributed by atoms with Crippen LogP contribution in [0.4, 0.5) is 0 Å². The van der Waals surface area contributed by atoms with Crippen LogP contribution in [0.25, 0.3) is 0 Å². The van der Waals surface area contributed by atoms with E-state index in [0.29, 0.717) is 0 Å². The average molecular weight is 187 g/mol. The molecule has 0 aliphatic heterocycles. The second-order valence-corrected chi connectivity index (χ2v) is 4.85. The predicted molar refractivity (Wildman–Crippen MR) is 57.9 cm³/mol. The van der Waals surface area contributed by atoms with Crippen LogP contribution in [0.2, 0.25) is 0 Å². The zero-order valence-corrected chi connectivity index (χ0v) is 9.56. The Morgan fingerprint density at radius 1 is 1.23 bits per heavy atom. The molecular weight excluding hydrogens is 162 g/mol. The number of rotatable bonds is 7. The molecule has 0 aromatic rings. The molecule has 0 saturated heterocycles. The van der Waals surface area contributed by atoms with E-state index < -0.39 is 5.60 Å². The molecule has 0 radical (unpaired) electrons. The van der Waals surface area contributed by atoms with E-state index in [1.165, 1.54) is 12.8 Å². The maximum Gasteiger partial charge on any atom is 0.0603 e. The van der Waals surface area contributed by atoms with E-state index >= 15 is 0 Å². The highest BCUT2D eigenvalue weighted by molar-refractivity contribution is 4.66. The standard InChI is InChI=1S/C11H25NO/c1-10(2)6-5-8-12-9-7-11(3,4)13/h10,12-13H,5-9H2,1-4H3. The highest BCUT2D eigenvalue weighted by Gasteiger charge is 2.10. The van der Waals surface area contributed by atoms with Crippen molar-refractivity contribution in [2.75, 3.05) is 13.1 Å². The quantitative estimate of drug-likeness (QED) is 0.599. The third kappa shape index (κ3) is 11.9. The minimum absolute atomic E-state index is 0.523. The fourth-order valence-corrected chi connectivity index (χ4v) is 1.15. The molecule has 13 heavy (non-hydrogen) atoms. The van der Waals surface area contributed by atoms with Gasteiger partial charge in [0.2, 0.25) is 0 Å². The molecule has 2 N–H and O–H groups in total. The molecule has 0 saturated carbocycles. The Morgan fingerprint density at radius 3 is 2.31 bits per heavy atom. The molecule has 0 rings (SSSR count). The van der Waals surface area contributed by atoms with E-state index in [4.69, 9.17) is 0 Å². The summed E-state index contributed by atoms with van der Waals surface area (Å²) in [6.45, 7) is 10.2. The predicted octanol–water partition coefficient (Wildman–Crippen LogP) is 2.17. The Hall–Kier alpha value is -0.0800. The molecular formula is C11H25NO. The van der Waals surface area contributed by atoms with E-state index in [1.54, 1.807) is 0 Å². The monoisotopic (exact) mass is 187 g/mol. The normalized spacial score (nSPS) is 12.5. The van der Waals surface area contributed by atoms with Crippen LogP contribution in [0, 0.1) is 5.92 Å². The van der Waals surface area contributed by atoms with Gasteiger partial charge in [-0.25, -0.2) is 0 Å². The van der Waals surface area contributed by atoms with Gasteiger partial charge in [-0.2, -0.15) is 0 Å². The summed E-state index contributed by atoms with van der Waals surface area (Å²) >= 11 is 0. The first kappa shape index (κ1) is 12.9. The third-order valence-electron chi connectivity index (χ3n) is 2.05. The largest absolute Gasteiger partial charge is 0.390 e. The van der Waals surface area contributed by atoms with Crippen LogP contribution in [0.3, 0.4) is 0 Å². The fraction of sp³-hybridized carbons (Fsp3) is 1.00. The van der Waals surface area contributed by atoms with Gasteiger partial charge >= 0.3 is 0 Å². The number of hydrogen-bond donors (Lipinski definition) is 2. The van der Waals surface area contributed by atoms with Gasteiger partial charge in [-0.05, 0) is 52.1 Å². The molecule has 0 heterocycles. The molecule has 0 fully saturated rings. The van der Waals surface area contributed by atoms with Crippen molar-refractivity contribution in [2.45, 2.75) is 52.6 Å². The number of nitrogens with one attached hydrogen (secondary N) is 1. The molecule has 0 aromatic carbocycles. The van der Waals surface area contributed by atoms with Crippen LogP contribution >= 0.6 is 0 Å². The Kier molecular flexibility index (Phi) is 6.35. The zero-order valence-electron chi connectivity index (χ0n) is 9.56. The van der Waals surface area contributed by atoms with E-state index in [0.717, 1.165) is 25.4 Å². The van der Waals surface area contributed by atoms with Crippen molar-refractivity contribution in [3.05, 3.63) is 0 Å². The van der Waals surface area contributed by atoms with Gasteiger partial charge in [0.25, 0.3) is 0 Å². The smallest absolute Gasteiger partial charge is 0.0603 e. The van der Waals surface area contributed by atoms with Crippen LogP contribution in [-0.4, -0.2) is 23.8 Å². The van der Waals surface area contributed by atoms with Crippen LogP contribution in [-0.2, 0) is 0 Å². The molecule has 2 heteroatoms. The number of aliphatic hydroxyl groups is 1. The highest BCUT2D eigenvalue weighted by atomic mass is 16.3. The Bertz CT molecular complexity index is 116. The van der Waals surface area contributed by atoms with Crippen LogP contribution < -0.4 is 5.32 Å². The summed E-state index contributed by atoms with van der Waals surface area (Å²) in [6, 6.07) is 0. The average Bonchev–Trinajstić information content (AvgIpc) is 1.93. The first-order valence-corrected chi connectivity index (χ1v) is 5.35. The minimum Gasteiger partial charge on any atom is -0.390 e. The lowest BCUT2D eigenvalue weighted by molar-refractivity contribution is 0.0712. The summed E-state index contributed by atoms with van der Waals surface area (Å²) in [5, 5.41) is 12.8. The van der Waals surface area contributed by atoms with E-state index in [2.05, 4.69) is 19.2 Å². The lowest BCUT2D eigenvalue weighted by Crippen LogP contribution is -2.27. The van der Waals surface area contributed by atoms with E-state index in [1.807, 2.05) is 13.8 Å². The van der Waals surface area contributed by atoms with Crippen molar-refractivity contribution in [1.82, 2.24) is 5.32 Å². The van der Waals surface area contributed by atoms with Crippen LogP contribution in [0.1, 0.15) is 47.0 Å². The Balaban J connectivity index is 3.09. The summed E-state index contributed by atoms with van der Waals surface area (Å²) in [6.07, 6.45) is 3.35. The molecule has 0 aliphatic carbocycles. The summed E-state index contributed by atoms with van der Waals surface area (Å²) in [5.74, 6) is 0.802. The summed E-state index contributed by atoms with van der Waals surface area (Å²) in [4.78, 5) is 0. The van der Waals surface area contributed by atoms with Crippen molar-refractivity contribution in [1.29, 1.82) is 0 Å². The second-order valence-electron chi connectivity index (χ2n) is 4.85. The van der Waals surface area contributed by atoms with Gasteiger partial charge in [-0.1, -0.05) is 13.8 Å². The van der Waals surface area contributed by atoms with Crippen molar-refractivity contribution < 1.29 is 5.11 Å². The van der Waals surface area contributed by atoms with Gasteiger partial charge in [-0.15, -0.1) is 0 Å². The van der Waals surface area contributed by atoms with Gasteiger partial charge in [0.15, 0.2) is 0 Å². The topological polar surface area (TPSA) is 32.3 Å². The molecule has 0 aromatic heterocycles. The summed E-state index contributed by atoms with van der Waals surface area (Å²) in [5.41, 5.74) is -0.523. The van der Waals surface area contributed by atoms with Gasteiger partial charge < -0.3 is 10.4 Å². The Labute approximate surface area is 82.7 Å². The SMILES string of the molecule is CC(C)CCCNCCC(C)(C)O. The van der Waals surface area contributed by atoms with Crippen LogP contribution in [0.5, 0.6) is 0 Å². The minimum atomic E-state index is -0.523. The lowest BCUT2D eigenvalue weighted by Gasteiger charge is -2.17. The van der Waals surface area contributed by atoms with Crippen LogP contribution in [0.15, 0.2) is 0 Å². The maximum atomic E-state index is 9.42. The van der Waals surface area contributed by atoms with Crippen molar-refractivity contribution in [3.63, 3.8) is 0 Å². The molecule has 0 unspecified atom stereocenters. The van der Waals surface area contributed by atoms with E-state index in [-0.39, 0.29) is 0 Å². The molecule has 0 aliphatic rings. The molecule has 0 atom stereocenters. The van der Waals surface area contributed by atoms with Gasteiger partial charge in [0.05, 0.1) is 5.60 Å². The molecule has 80 valence electrons. The molecule has 0 spiro atoms. The van der Waals surface area contributed by atoms with E-state index in [9.17, 15) is 5.11 Å². The summed E-state index contributed by atoms with van der Waals surface area (Å²) < 4.78 is 0. The first-order valence-electron chi connectivity index (χ1n) is 5.35. The van der Waals surface area contributed by atoms with Gasteiger partial charge in [0, 0.05) is 0 Å².